The molecule has 0 atom stereocenters. The first-order valence-electron chi connectivity index (χ1n) is 4.62. The van der Waals surface area contributed by atoms with Gasteiger partial charge in [-0.25, -0.2) is 0 Å². The Morgan fingerprint density at radius 2 is 2.00 bits per heavy atom. The molecule has 2 nitrogen and oxygen atoms in total. The summed E-state index contributed by atoms with van der Waals surface area (Å²) in [6.07, 6.45) is 4.32. The third-order valence-electron chi connectivity index (χ3n) is 2.89. The van der Waals surface area contributed by atoms with E-state index in [0.29, 0.717) is 0 Å². The number of aromatic nitrogens is 2. The fourth-order valence-corrected chi connectivity index (χ4v) is 1.35. The molecule has 0 radical (unpaired) electrons. The minimum Gasteiger partial charge on any atom is -0.276 e. The number of aryl methyl sites for hydroxylation is 1. The van der Waals surface area contributed by atoms with Crippen LogP contribution in [0.2, 0.25) is 0 Å². The van der Waals surface area contributed by atoms with Gasteiger partial charge in [0.1, 0.15) is 0 Å². The Labute approximate surface area is 74.6 Å². The van der Waals surface area contributed by atoms with Crippen LogP contribution >= 0.6 is 0 Å². The predicted molar refractivity (Wildman–Crippen MR) is 51.1 cm³/mol. The second-order valence-corrected chi connectivity index (χ2v) is 3.64. The van der Waals surface area contributed by atoms with Gasteiger partial charge in [0, 0.05) is 18.7 Å². The molecule has 0 saturated heterocycles. The van der Waals surface area contributed by atoms with Crippen molar-refractivity contribution >= 4 is 0 Å². The van der Waals surface area contributed by atoms with Crippen LogP contribution in [0, 0.1) is 0 Å². The van der Waals surface area contributed by atoms with E-state index in [-0.39, 0.29) is 5.41 Å². The summed E-state index contributed by atoms with van der Waals surface area (Å²) in [7, 11) is 1.97. The Hall–Kier alpha value is -0.790. The Kier molecular flexibility index (Phi) is 2.55. The van der Waals surface area contributed by atoms with Crippen molar-refractivity contribution in [3.05, 3.63) is 18.0 Å². The number of hydrogen-bond donors (Lipinski definition) is 0. The van der Waals surface area contributed by atoms with Crippen molar-refractivity contribution in [2.24, 2.45) is 7.05 Å². The third-order valence-corrected chi connectivity index (χ3v) is 2.89. The molecule has 0 fully saturated rings. The molecule has 0 bridgehead atoms. The first kappa shape index (κ1) is 9.30. The molecule has 0 aliphatic rings. The van der Waals surface area contributed by atoms with Crippen molar-refractivity contribution in [3.63, 3.8) is 0 Å². The fraction of sp³-hybridized carbons (Fsp3) is 0.700. The van der Waals surface area contributed by atoms with Gasteiger partial charge in [0.2, 0.25) is 0 Å². The summed E-state index contributed by atoms with van der Waals surface area (Å²) in [6, 6.07) is 2.12. The van der Waals surface area contributed by atoms with E-state index in [1.807, 2.05) is 17.9 Å². The summed E-state index contributed by atoms with van der Waals surface area (Å²) in [6.45, 7) is 6.71. The van der Waals surface area contributed by atoms with Crippen LogP contribution in [0.3, 0.4) is 0 Å². The van der Waals surface area contributed by atoms with Gasteiger partial charge in [-0.15, -0.1) is 0 Å². The highest BCUT2D eigenvalue weighted by atomic mass is 15.2. The van der Waals surface area contributed by atoms with Crippen molar-refractivity contribution in [2.45, 2.75) is 39.0 Å². The van der Waals surface area contributed by atoms with Gasteiger partial charge in [0.05, 0.1) is 5.69 Å². The van der Waals surface area contributed by atoms with Crippen LogP contribution in [0.5, 0.6) is 0 Å². The van der Waals surface area contributed by atoms with Gasteiger partial charge < -0.3 is 0 Å². The summed E-state index contributed by atoms with van der Waals surface area (Å²) < 4.78 is 1.87. The molecule has 12 heavy (non-hydrogen) atoms. The number of nitrogens with zero attached hydrogens (tertiary/aromatic N) is 2. The highest BCUT2D eigenvalue weighted by molar-refractivity contribution is 5.12. The van der Waals surface area contributed by atoms with Crippen molar-refractivity contribution in [1.29, 1.82) is 0 Å². The molecule has 1 rings (SSSR count). The summed E-state index contributed by atoms with van der Waals surface area (Å²) >= 11 is 0. The minimum absolute atomic E-state index is 0.265. The first-order chi connectivity index (χ1) is 5.62. The number of hydrogen-bond acceptors (Lipinski definition) is 1. The zero-order valence-corrected chi connectivity index (χ0v) is 8.46. The molecule has 68 valence electrons. The van der Waals surface area contributed by atoms with E-state index in [9.17, 15) is 0 Å². The molecule has 1 aromatic rings. The van der Waals surface area contributed by atoms with E-state index in [0.717, 1.165) is 12.8 Å². The van der Waals surface area contributed by atoms with E-state index in [1.165, 1.54) is 5.69 Å². The topological polar surface area (TPSA) is 17.8 Å². The van der Waals surface area contributed by atoms with Gasteiger partial charge in [-0.1, -0.05) is 20.8 Å². The predicted octanol–water partition coefficient (Wildman–Crippen LogP) is 2.50. The Balaban J connectivity index is 2.94. The second-order valence-electron chi connectivity index (χ2n) is 3.64. The van der Waals surface area contributed by atoms with Crippen LogP contribution in [0.15, 0.2) is 12.3 Å². The van der Waals surface area contributed by atoms with Gasteiger partial charge in [-0.2, -0.15) is 5.10 Å². The minimum atomic E-state index is 0.265. The van der Waals surface area contributed by atoms with Gasteiger partial charge >= 0.3 is 0 Å². The van der Waals surface area contributed by atoms with Crippen LogP contribution in [0.25, 0.3) is 0 Å². The van der Waals surface area contributed by atoms with Crippen molar-refractivity contribution < 1.29 is 0 Å². The molecule has 2 heteroatoms. The molecular weight excluding hydrogens is 148 g/mol. The Bertz CT molecular complexity index is 246. The quantitative estimate of drug-likeness (QED) is 0.674. The normalized spacial score (nSPS) is 12.0. The largest absolute Gasteiger partial charge is 0.276 e. The average molecular weight is 166 g/mol. The molecule has 1 aromatic heterocycles. The molecule has 0 aromatic carbocycles. The summed E-state index contributed by atoms with van der Waals surface area (Å²) in [5.41, 5.74) is 1.48. The molecule has 0 unspecified atom stereocenters. The van der Waals surface area contributed by atoms with Crippen LogP contribution in [0.4, 0.5) is 0 Å². The van der Waals surface area contributed by atoms with Crippen LogP contribution in [-0.2, 0) is 12.5 Å². The molecule has 1 heterocycles. The standard InChI is InChI=1S/C10H18N2/c1-5-10(3,6-2)9-7-8-12(4)11-9/h7-8H,5-6H2,1-4H3. The molecule has 0 aliphatic heterocycles. The maximum atomic E-state index is 4.44. The maximum Gasteiger partial charge on any atom is 0.0683 e. The zero-order valence-electron chi connectivity index (χ0n) is 8.46. The highest BCUT2D eigenvalue weighted by Crippen LogP contribution is 2.28. The fourth-order valence-electron chi connectivity index (χ4n) is 1.35. The van der Waals surface area contributed by atoms with Crippen LogP contribution in [0.1, 0.15) is 39.3 Å². The SMILES string of the molecule is CCC(C)(CC)c1ccn(C)n1. The van der Waals surface area contributed by atoms with E-state index in [1.54, 1.807) is 0 Å². The van der Waals surface area contributed by atoms with E-state index >= 15 is 0 Å². The number of rotatable bonds is 3. The lowest BCUT2D eigenvalue weighted by Gasteiger charge is -2.23. The van der Waals surface area contributed by atoms with E-state index < -0.39 is 0 Å². The summed E-state index contributed by atoms with van der Waals surface area (Å²) in [4.78, 5) is 0. The lowest BCUT2D eigenvalue weighted by Crippen LogP contribution is -2.20. The monoisotopic (exact) mass is 166 g/mol. The van der Waals surface area contributed by atoms with Crippen LogP contribution in [-0.4, -0.2) is 9.78 Å². The lowest BCUT2D eigenvalue weighted by atomic mass is 9.82. The molecule has 0 amide bonds. The average Bonchev–Trinajstić information content (AvgIpc) is 2.51. The zero-order chi connectivity index (χ0) is 9.19. The molecule has 0 N–H and O–H groups in total. The lowest BCUT2D eigenvalue weighted by molar-refractivity contribution is 0.421. The van der Waals surface area contributed by atoms with Gasteiger partial charge in [-0.05, 0) is 18.9 Å². The molecule has 0 spiro atoms. The molecular formula is C10H18N2. The Morgan fingerprint density at radius 1 is 1.42 bits per heavy atom. The highest BCUT2D eigenvalue weighted by Gasteiger charge is 2.24. The molecule has 0 saturated carbocycles. The van der Waals surface area contributed by atoms with Crippen molar-refractivity contribution in [1.82, 2.24) is 9.78 Å². The Morgan fingerprint density at radius 3 is 2.33 bits per heavy atom. The van der Waals surface area contributed by atoms with Crippen molar-refractivity contribution in [2.75, 3.05) is 0 Å². The maximum absolute atomic E-state index is 4.44. The summed E-state index contributed by atoms with van der Waals surface area (Å²) in [5, 5.41) is 4.44. The second kappa shape index (κ2) is 3.30. The molecule has 0 aliphatic carbocycles. The van der Waals surface area contributed by atoms with Gasteiger partial charge in [0.15, 0.2) is 0 Å². The summed E-state index contributed by atoms with van der Waals surface area (Å²) in [5.74, 6) is 0. The first-order valence-corrected chi connectivity index (χ1v) is 4.62. The van der Waals surface area contributed by atoms with Crippen molar-refractivity contribution in [3.8, 4) is 0 Å². The van der Waals surface area contributed by atoms with Gasteiger partial charge in [0.25, 0.3) is 0 Å². The van der Waals surface area contributed by atoms with E-state index in [4.69, 9.17) is 0 Å². The van der Waals surface area contributed by atoms with Gasteiger partial charge in [-0.3, -0.25) is 4.68 Å². The van der Waals surface area contributed by atoms with E-state index in [2.05, 4.69) is 31.9 Å². The smallest absolute Gasteiger partial charge is 0.0683 e. The van der Waals surface area contributed by atoms with Crippen LogP contribution < -0.4 is 0 Å². The third kappa shape index (κ3) is 1.52.